The van der Waals surface area contributed by atoms with Gasteiger partial charge in [0.2, 0.25) is 5.91 Å². The van der Waals surface area contributed by atoms with Gasteiger partial charge < -0.3 is 15.2 Å². The van der Waals surface area contributed by atoms with Crippen LogP contribution in [0.15, 0.2) is 47.7 Å². The number of aromatic nitrogens is 1. The number of fused-ring (bicyclic) bond motifs is 7. The normalized spacial score (nSPS) is 37.0. The van der Waals surface area contributed by atoms with Gasteiger partial charge in [-0.3, -0.25) is 24.2 Å². The van der Waals surface area contributed by atoms with E-state index in [2.05, 4.69) is 64.8 Å². The van der Waals surface area contributed by atoms with Gasteiger partial charge in [-0.2, -0.15) is 0 Å². The average molecular weight is 729 g/mol. The van der Waals surface area contributed by atoms with Gasteiger partial charge in [-0.05, 0) is 141 Å². The molecule has 4 fully saturated rings. The molecular formula is C45H64N2O6. The first-order chi connectivity index (χ1) is 24.6. The fourth-order valence-electron chi connectivity index (χ4n) is 12.9. The van der Waals surface area contributed by atoms with Gasteiger partial charge in [0.25, 0.3) is 0 Å². The van der Waals surface area contributed by atoms with Crippen LogP contribution >= 0.6 is 0 Å². The molecule has 5 aliphatic rings. The van der Waals surface area contributed by atoms with Crippen LogP contribution in [-0.4, -0.2) is 39.8 Å². The fourth-order valence-corrected chi connectivity index (χ4v) is 12.9. The number of ketones is 1. The van der Waals surface area contributed by atoms with Crippen LogP contribution in [0, 0.1) is 56.2 Å². The number of carbonyl (C=O) groups excluding carboxylic acids is 3. The van der Waals surface area contributed by atoms with Crippen molar-refractivity contribution in [1.29, 1.82) is 0 Å². The van der Waals surface area contributed by atoms with Crippen LogP contribution in [-0.2, 0) is 23.9 Å². The number of hydrogen-bond donors (Lipinski definition) is 2. The lowest BCUT2D eigenvalue weighted by Crippen LogP contribution is -2.65. The van der Waals surface area contributed by atoms with E-state index >= 15 is 0 Å². The van der Waals surface area contributed by atoms with Gasteiger partial charge in [-0.15, -0.1) is 0 Å². The molecule has 2 N–H and O–H groups in total. The Bertz CT molecular complexity index is 1710. The number of amides is 1. The molecule has 0 spiro atoms. The number of esters is 1. The molecule has 9 atom stereocenters. The lowest BCUT2D eigenvalue weighted by Gasteiger charge is -2.72. The molecule has 1 amide bonds. The lowest BCUT2D eigenvalue weighted by atomic mass is 9.33. The van der Waals surface area contributed by atoms with E-state index in [-0.39, 0.29) is 63.8 Å². The summed E-state index contributed by atoms with van der Waals surface area (Å²) in [6.07, 6.45) is 13.4. The molecule has 0 radical (unpaired) electrons. The van der Waals surface area contributed by atoms with Crippen molar-refractivity contribution in [3.8, 4) is 0 Å². The van der Waals surface area contributed by atoms with Gasteiger partial charge in [0.05, 0.1) is 23.6 Å². The van der Waals surface area contributed by atoms with E-state index in [9.17, 15) is 24.3 Å². The third-order valence-corrected chi connectivity index (χ3v) is 15.9. The van der Waals surface area contributed by atoms with E-state index in [1.54, 1.807) is 26.1 Å². The van der Waals surface area contributed by atoms with Gasteiger partial charge >= 0.3 is 11.9 Å². The monoisotopic (exact) mass is 728 g/mol. The highest BCUT2D eigenvalue weighted by molar-refractivity contribution is 6.01. The van der Waals surface area contributed by atoms with E-state index in [0.29, 0.717) is 18.3 Å². The Hall–Kier alpha value is -3.29. The molecule has 1 aromatic rings. The molecular weight excluding hydrogens is 665 g/mol. The van der Waals surface area contributed by atoms with Crippen LogP contribution in [0.4, 0.5) is 0 Å². The molecule has 9 unspecified atom stereocenters. The summed E-state index contributed by atoms with van der Waals surface area (Å²) in [6, 6.07) is 5.48. The highest BCUT2D eigenvalue weighted by Crippen LogP contribution is 2.77. The maximum atomic E-state index is 14.0. The van der Waals surface area contributed by atoms with Crippen molar-refractivity contribution in [3.05, 3.63) is 53.4 Å². The summed E-state index contributed by atoms with van der Waals surface area (Å²) in [5, 5.41) is 12.7. The minimum Gasteiger partial charge on any atom is -0.481 e. The van der Waals surface area contributed by atoms with Crippen LogP contribution in [0.25, 0.3) is 0 Å². The second kappa shape index (κ2) is 13.5. The van der Waals surface area contributed by atoms with Gasteiger partial charge in [-0.1, -0.05) is 60.6 Å². The Balaban J connectivity index is 1.27. The topological polar surface area (TPSA) is 123 Å². The number of nitrogens with one attached hydrogen (secondary N) is 1. The van der Waals surface area contributed by atoms with Crippen LogP contribution in [0.1, 0.15) is 145 Å². The number of carbonyl (C=O) groups is 4. The van der Waals surface area contributed by atoms with E-state index in [0.717, 1.165) is 62.6 Å². The molecule has 1 aromatic heterocycles. The minimum absolute atomic E-state index is 0.00699. The van der Waals surface area contributed by atoms with Crippen molar-refractivity contribution in [3.63, 3.8) is 0 Å². The summed E-state index contributed by atoms with van der Waals surface area (Å²) >= 11 is 0. The summed E-state index contributed by atoms with van der Waals surface area (Å²) in [5.74, 6) is -0.0965. The summed E-state index contributed by atoms with van der Waals surface area (Å²) < 4.78 is 6.16. The van der Waals surface area contributed by atoms with Crippen LogP contribution < -0.4 is 5.32 Å². The molecule has 0 saturated heterocycles. The highest BCUT2D eigenvalue weighted by atomic mass is 16.5. The summed E-state index contributed by atoms with van der Waals surface area (Å²) in [5.41, 5.74) is 1.39. The molecule has 0 bridgehead atoms. The third-order valence-electron chi connectivity index (χ3n) is 15.9. The zero-order chi connectivity index (χ0) is 38.9. The number of aliphatic carboxylic acids is 1. The second-order valence-corrected chi connectivity index (χ2v) is 19.9. The number of carboxylic acids is 1. The van der Waals surface area contributed by atoms with Gasteiger partial charge in [0.1, 0.15) is 6.10 Å². The van der Waals surface area contributed by atoms with E-state index in [1.165, 1.54) is 5.57 Å². The lowest BCUT2D eigenvalue weighted by molar-refractivity contribution is -0.232. The Morgan fingerprint density at radius 3 is 2.32 bits per heavy atom. The van der Waals surface area contributed by atoms with Crippen molar-refractivity contribution >= 4 is 23.6 Å². The maximum absolute atomic E-state index is 14.0. The standard InChI is InChI=1S/C45H64N2O6/c1-27(2)37-31(48)25-45(21-18-35(49)47-28(3)30-13-11-12-24-46-30)23-22-43(9)29(38(37)45)14-15-33-42(8)19-17-34(53-36(50)26-40(4,5)39(51)52)41(6,7)32(42)16-20-44(33,43)10/h11-13,18,21,24,27-29,32-34H,14-17,19-20,22-23,25-26H2,1-10H3,(H,47,49)(H,51,52). The average Bonchev–Trinajstić information content (AvgIpc) is 3.38. The zero-order valence-corrected chi connectivity index (χ0v) is 33.9. The molecule has 1 heterocycles. The number of Topliss-reactive ketones (excluding diaryl/α,β-unsaturated/α-hetero) is 1. The maximum Gasteiger partial charge on any atom is 0.309 e. The Morgan fingerprint density at radius 1 is 0.962 bits per heavy atom. The fraction of sp³-hybridized carbons (Fsp3) is 0.711. The third kappa shape index (κ3) is 6.32. The van der Waals surface area contributed by atoms with Gasteiger partial charge in [0, 0.05) is 23.4 Å². The van der Waals surface area contributed by atoms with E-state index < -0.39 is 22.8 Å². The molecule has 0 aromatic carbocycles. The van der Waals surface area contributed by atoms with Crippen molar-refractivity contribution < 1.29 is 29.0 Å². The SMILES string of the molecule is CC(C)C1=C2C3CCC4C5(C)CCC(OC(=O)CC(C)(C)C(=O)O)C(C)(C)C5CCC4(C)C3(C)CCC2(C=CC(=O)NC(C)c2ccccn2)CC1=O. The number of pyridine rings is 1. The summed E-state index contributed by atoms with van der Waals surface area (Å²) in [6.45, 7) is 21.5. The molecule has 8 nitrogen and oxygen atoms in total. The molecule has 4 saturated carbocycles. The Morgan fingerprint density at radius 2 is 1.68 bits per heavy atom. The molecule has 5 aliphatic carbocycles. The number of rotatable bonds is 9. The van der Waals surface area contributed by atoms with Crippen molar-refractivity contribution in [2.24, 2.45) is 56.2 Å². The van der Waals surface area contributed by atoms with Crippen LogP contribution in [0.3, 0.4) is 0 Å². The zero-order valence-electron chi connectivity index (χ0n) is 33.9. The molecule has 290 valence electrons. The summed E-state index contributed by atoms with van der Waals surface area (Å²) in [7, 11) is 0. The van der Waals surface area contributed by atoms with Crippen molar-refractivity contribution in [1.82, 2.24) is 10.3 Å². The molecule has 8 heteroatoms. The van der Waals surface area contributed by atoms with Gasteiger partial charge in [-0.25, -0.2) is 0 Å². The predicted octanol–water partition coefficient (Wildman–Crippen LogP) is 9.21. The smallest absolute Gasteiger partial charge is 0.309 e. The number of allylic oxidation sites excluding steroid dienone is 3. The molecule has 53 heavy (non-hydrogen) atoms. The first-order valence-corrected chi connectivity index (χ1v) is 20.2. The first-order valence-electron chi connectivity index (χ1n) is 20.2. The predicted molar refractivity (Wildman–Crippen MR) is 205 cm³/mol. The number of ether oxygens (including phenoxy) is 1. The number of nitrogens with zero attached hydrogens (tertiary/aromatic N) is 1. The molecule has 6 rings (SSSR count). The molecule has 0 aliphatic heterocycles. The Labute approximate surface area is 317 Å². The number of hydrogen-bond acceptors (Lipinski definition) is 6. The largest absolute Gasteiger partial charge is 0.481 e. The first kappa shape index (κ1) is 39.4. The summed E-state index contributed by atoms with van der Waals surface area (Å²) in [4.78, 5) is 56.6. The minimum atomic E-state index is -1.17. The number of carboxylic acid groups (broad SMARTS) is 1. The van der Waals surface area contributed by atoms with Crippen LogP contribution in [0.5, 0.6) is 0 Å². The second-order valence-electron chi connectivity index (χ2n) is 19.9. The Kier molecular flexibility index (Phi) is 10.0. The quantitative estimate of drug-likeness (QED) is 0.192. The van der Waals surface area contributed by atoms with Crippen molar-refractivity contribution in [2.45, 2.75) is 146 Å². The van der Waals surface area contributed by atoms with Gasteiger partial charge in [0.15, 0.2) is 5.78 Å². The van der Waals surface area contributed by atoms with Crippen LogP contribution in [0.2, 0.25) is 0 Å². The van der Waals surface area contributed by atoms with E-state index in [4.69, 9.17) is 4.74 Å². The highest BCUT2D eigenvalue weighted by Gasteiger charge is 2.70. The van der Waals surface area contributed by atoms with E-state index in [1.807, 2.05) is 25.1 Å². The van der Waals surface area contributed by atoms with Crippen molar-refractivity contribution in [2.75, 3.05) is 0 Å².